The molecule has 0 saturated heterocycles. The average Bonchev–Trinajstić information content (AvgIpc) is 2.40. The molecule has 2 aromatic rings. The first kappa shape index (κ1) is 13.0. The van der Waals surface area contributed by atoms with Crippen LogP contribution in [0.2, 0.25) is 0 Å². The van der Waals surface area contributed by atoms with Crippen LogP contribution in [0.5, 0.6) is 0 Å². The van der Waals surface area contributed by atoms with Crippen molar-refractivity contribution in [2.24, 2.45) is 5.73 Å². The van der Waals surface area contributed by atoms with Crippen molar-refractivity contribution in [2.45, 2.75) is 0 Å². The Labute approximate surface area is 115 Å². The predicted octanol–water partition coefficient (Wildman–Crippen LogP) is 2.30. The van der Waals surface area contributed by atoms with Crippen LogP contribution in [0, 0.1) is 0 Å². The lowest BCUT2D eigenvalue weighted by Gasteiger charge is -2.17. The van der Waals surface area contributed by atoms with Crippen LogP contribution in [0.4, 0.5) is 5.82 Å². The van der Waals surface area contributed by atoms with Crippen molar-refractivity contribution < 1.29 is 0 Å². The molecule has 4 nitrogen and oxygen atoms in total. The molecule has 0 bridgehead atoms. The average molecular weight is 307 g/mol. The highest BCUT2D eigenvalue weighted by atomic mass is 79.9. The number of aromatic nitrogens is 2. The maximum absolute atomic E-state index is 5.55. The summed E-state index contributed by atoms with van der Waals surface area (Å²) in [6.07, 6.45) is 1.77. The molecule has 18 heavy (non-hydrogen) atoms. The first-order chi connectivity index (χ1) is 8.72. The highest BCUT2D eigenvalue weighted by molar-refractivity contribution is 9.10. The molecule has 2 N–H and O–H groups in total. The Hall–Kier alpha value is -1.46. The van der Waals surface area contributed by atoms with Crippen molar-refractivity contribution in [2.75, 3.05) is 25.0 Å². The second-order valence-electron chi connectivity index (χ2n) is 3.93. The number of hydrogen-bond acceptors (Lipinski definition) is 4. The lowest BCUT2D eigenvalue weighted by atomic mass is 10.2. The van der Waals surface area contributed by atoms with E-state index in [1.54, 1.807) is 6.20 Å². The monoisotopic (exact) mass is 306 g/mol. The topological polar surface area (TPSA) is 55.0 Å². The maximum Gasteiger partial charge on any atom is 0.162 e. The van der Waals surface area contributed by atoms with Gasteiger partial charge in [-0.1, -0.05) is 34.1 Å². The zero-order chi connectivity index (χ0) is 13.0. The number of nitrogens with zero attached hydrogens (tertiary/aromatic N) is 3. The minimum absolute atomic E-state index is 0.602. The second kappa shape index (κ2) is 5.93. The fraction of sp³-hybridized carbons (Fsp3) is 0.231. The fourth-order valence-corrected chi connectivity index (χ4v) is 2.10. The lowest BCUT2D eigenvalue weighted by molar-refractivity contribution is 0.865. The number of halogens is 1. The molecule has 0 radical (unpaired) electrons. The van der Waals surface area contributed by atoms with Crippen LogP contribution in [0.3, 0.4) is 0 Å². The van der Waals surface area contributed by atoms with E-state index in [-0.39, 0.29) is 0 Å². The van der Waals surface area contributed by atoms with E-state index in [1.165, 1.54) is 0 Å². The Morgan fingerprint density at radius 2 is 2.06 bits per heavy atom. The second-order valence-corrected chi connectivity index (χ2v) is 4.78. The van der Waals surface area contributed by atoms with Gasteiger partial charge in [-0.05, 0) is 12.1 Å². The largest absolute Gasteiger partial charge is 0.358 e. The van der Waals surface area contributed by atoms with E-state index in [1.807, 2.05) is 42.3 Å². The summed E-state index contributed by atoms with van der Waals surface area (Å²) in [6.45, 7) is 1.37. The van der Waals surface area contributed by atoms with Crippen LogP contribution >= 0.6 is 15.9 Å². The van der Waals surface area contributed by atoms with Gasteiger partial charge in [-0.3, -0.25) is 0 Å². The number of benzene rings is 1. The molecule has 2 rings (SSSR count). The molecular formula is C13H15BrN4. The molecular weight excluding hydrogens is 292 g/mol. The summed E-state index contributed by atoms with van der Waals surface area (Å²) in [7, 11) is 1.97. The van der Waals surface area contributed by atoms with Gasteiger partial charge in [0.15, 0.2) is 5.82 Å². The van der Waals surface area contributed by atoms with E-state index >= 15 is 0 Å². The van der Waals surface area contributed by atoms with Gasteiger partial charge in [0.05, 0.1) is 0 Å². The first-order valence-corrected chi connectivity index (χ1v) is 6.51. The standard InChI is InChI=1S/C13H15BrN4/c1-18(9-7-15)12-6-8-16-13(17-12)10-4-2-3-5-11(10)14/h2-6,8H,7,9,15H2,1H3. The Balaban J connectivity index is 2.36. The van der Waals surface area contributed by atoms with Crippen molar-refractivity contribution in [3.05, 3.63) is 41.0 Å². The van der Waals surface area contributed by atoms with Crippen molar-refractivity contribution in [1.29, 1.82) is 0 Å². The minimum atomic E-state index is 0.602. The van der Waals surface area contributed by atoms with Crippen molar-refractivity contribution >= 4 is 21.7 Å². The van der Waals surface area contributed by atoms with E-state index in [4.69, 9.17) is 5.73 Å². The first-order valence-electron chi connectivity index (χ1n) is 5.71. The van der Waals surface area contributed by atoms with Crippen LogP contribution < -0.4 is 10.6 Å². The molecule has 94 valence electrons. The van der Waals surface area contributed by atoms with E-state index in [2.05, 4.69) is 25.9 Å². The molecule has 0 atom stereocenters. The Morgan fingerprint density at radius 1 is 1.28 bits per heavy atom. The summed E-state index contributed by atoms with van der Waals surface area (Å²) in [5.41, 5.74) is 6.53. The lowest BCUT2D eigenvalue weighted by Crippen LogP contribution is -2.25. The molecule has 0 saturated carbocycles. The summed E-state index contributed by atoms with van der Waals surface area (Å²) in [4.78, 5) is 10.9. The molecule has 1 aromatic heterocycles. The molecule has 0 amide bonds. The SMILES string of the molecule is CN(CCN)c1ccnc(-c2ccccc2Br)n1. The number of rotatable bonds is 4. The fourth-order valence-electron chi connectivity index (χ4n) is 1.64. The molecule has 1 heterocycles. The maximum atomic E-state index is 5.55. The van der Waals surface area contributed by atoms with E-state index < -0.39 is 0 Å². The summed E-state index contributed by atoms with van der Waals surface area (Å²) < 4.78 is 0.989. The number of nitrogens with two attached hydrogens (primary N) is 1. The van der Waals surface area contributed by atoms with Gasteiger partial charge in [0, 0.05) is 36.4 Å². The summed E-state index contributed by atoms with van der Waals surface area (Å²) in [5.74, 6) is 1.59. The van der Waals surface area contributed by atoms with Crippen LogP contribution in [0.15, 0.2) is 41.0 Å². The Kier molecular flexibility index (Phi) is 4.28. The highest BCUT2D eigenvalue weighted by Crippen LogP contribution is 2.25. The third-order valence-corrected chi connectivity index (χ3v) is 3.30. The van der Waals surface area contributed by atoms with Gasteiger partial charge in [-0.25, -0.2) is 9.97 Å². The van der Waals surface area contributed by atoms with Gasteiger partial charge in [-0.2, -0.15) is 0 Å². The molecule has 0 aliphatic heterocycles. The van der Waals surface area contributed by atoms with Crippen molar-refractivity contribution in [1.82, 2.24) is 9.97 Å². The highest BCUT2D eigenvalue weighted by Gasteiger charge is 2.08. The van der Waals surface area contributed by atoms with Gasteiger partial charge < -0.3 is 10.6 Å². The normalized spacial score (nSPS) is 10.4. The Morgan fingerprint density at radius 3 is 2.78 bits per heavy atom. The molecule has 0 unspecified atom stereocenters. The van der Waals surface area contributed by atoms with E-state index in [0.29, 0.717) is 12.4 Å². The molecule has 0 fully saturated rings. The van der Waals surface area contributed by atoms with Gasteiger partial charge in [0.1, 0.15) is 5.82 Å². The molecule has 0 spiro atoms. The van der Waals surface area contributed by atoms with Gasteiger partial charge in [0.25, 0.3) is 0 Å². The van der Waals surface area contributed by atoms with Gasteiger partial charge in [0.2, 0.25) is 0 Å². The van der Waals surface area contributed by atoms with Crippen LogP contribution in [0.25, 0.3) is 11.4 Å². The third-order valence-electron chi connectivity index (χ3n) is 2.61. The molecule has 0 aliphatic rings. The van der Waals surface area contributed by atoms with Crippen LogP contribution in [0.1, 0.15) is 0 Å². The van der Waals surface area contributed by atoms with E-state index in [9.17, 15) is 0 Å². The minimum Gasteiger partial charge on any atom is -0.358 e. The Bertz CT molecular complexity index is 530. The zero-order valence-electron chi connectivity index (χ0n) is 10.2. The summed E-state index contributed by atoms with van der Waals surface area (Å²) >= 11 is 3.51. The van der Waals surface area contributed by atoms with Crippen molar-refractivity contribution in [3.8, 4) is 11.4 Å². The van der Waals surface area contributed by atoms with Crippen molar-refractivity contribution in [3.63, 3.8) is 0 Å². The third kappa shape index (κ3) is 2.86. The predicted molar refractivity (Wildman–Crippen MR) is 77.5 cm³/mol. The quantitative estimate of drug-likeness (QED) is 0.942. The summed E-state index contributed by atoms with van der Waals surface area (Å²) in [6, 6.07) is 9.80. The zero-order valence-corrected chi connectivity index (χ0v) is 11.8. The van der Waals surface area contributed by atoms with Gasteiger partial charge in [-0.15, -0.1) is 0 Å². The molecule has 0 aliphatic carbocycles. The molecule has 1 aromatic carbocycles. The number of likely N-dealkylation sites (N-methyl/N-ethyl adjacent to an activating group) is 1. The van der Waals surface area contributed by atoms with Crippen LogP contribution in [-0.4, -0.2) is 30.1 Å². The van der Waals surface area contributed by atoms with Gasteiger partial charge >= 0.3 is 0 Å². The number of hydrogen-bond donors (Lipinski definition) is 1. The smallest absolute Gasteiger partial charge is 0.162 e. The summed E-state index contributed by atoms with van der Waals surface area (Å²) in [5, 5.41) is 0. The molecule has 5 heteroatoms. The van der Waals surface area contributed by atoms with Crippen LogP contribution in [-0.2, 0) is 0 Å². The number of anilines is 1. The van der Waals surface area contributed by atoms with E-state index in [0.717, 1.165) is 22.4 Å².